The summed E-state index contributed by atoms with van der Waals surface area (Å²) in [5, 5.41) is 11.2. The molecule has 1 fully saturated rings. The molecule has 0 unspecified atom stereocenters. The summed E-state index contributed by atoms with van der Waals surface area (Å²) in [6, 6.07) is 13.2. The maximum Gasteiger partial charge on any atom is 0.311 e. The van der Waals surface area contributed by atoms with Gasteiger partial charge in [0.1, 0.15) is 0 Å². The van der Waals surface area contributed by atoms with E-state index in [9.17, 15) is 14.9 Å². The molecule has 0 radical (unpaired) electrons. The molecule has 0 aromatic heterocycles. The molecule has 7 nitrogen and oxygen atoms in total. The van der Waals surface area contributed by atoms with Gasteiger partial charge < -0.3 is 9.64 Å². The molecule has 2 aromatic carbocycles. The van der Waals surface area contributed by atoms with Crippen molar-refractivity contribution in [2.45, 2.75) is 25.4 Å². The summed E-state index contributed by atoms with van der Waals surface area (Å²) >= 11 is 0. The van der Waals surface area contributed by atoms with Crippen LogP contribution >= 0.6 is 0 Å². The number of nitrogens with zero attached hydrogens (tertiary/aromatic N) is 3. The Hall–Kier alpha value is -2.93. The third-order valence-electron chi connectivity index (χ3n) is 5.75. The van der Waals surface area contributed by atoms with Crippen LogP contribution < -0.4 is 4.74 Å². The van der Waals surface area contributed by atoms with Crippen molar-refractivity contribution in [1.82, 2.24) is 9.80 Å². The first-order chi connectivity index (χ1) is 13.6. The van der Waals surface area contributed by atoms with Gasteiger partial charge in [0.05, 0.1) is 12.0 Å². The average Bonchev–Trinajstić information content (AvgIpc) is 3.22. The van der Waals surface area contributed by atoms with Gasteiger partial charge in [-0.15, -0.1) is 0 Å². The number of hydrogen-bond acceptors (Lipinski definition) is 5. The van der Waals surface area contributed by atoms with Gasteiger partial charge in [0, 0.05) is 43.9 Å². The molecule has 0 saturated carbocycles. The Bertz CT molecular complexity index is 914. The summed E-state index contributed by atoms with van der Waals surface area (Å²) in [5.41, 5.74) is 2.92. The summed E-state index contributed by atoms with van der Waals surface area (Å²) in [6.45, 7) is 3.23. The molecule has 2 heterocycles. The number of methoxy groups -OCH3 is 1. The average molecular weight is 381 g/mol. The van der Waals surface area contributed by atoms with Crippen LogP contribution in [-0.2, 0) is 13.0 Å². The quantitative estimate of drug-likeness (QED) is 0.601. The maximum absolute atomic E-state index is 12.9. The highest BCUT2D eigenvalue weighted by Gasteiger charge is 2.33. The number of ether oxygens (including phenoxy) is 1. The largest absolute Gasteiger partial charge is 0.490 e. The molecule has 146 valence electrons. The molecule has 2 aromatic rings. The smallest absolute Gasteiger partial charge is 0.311 e. The van der Waals surface area contributed by atoms with Crippen LogP contribution in [0.15, 0.2) is 42.5 Å². The van der Waals surface area contributed by atoms with Gasteiger partial charge in [0.2, 0.25) is 0 Å². The van der Waals surface area contributed by atoms with Crippen LogP contribution in [-0.4, -0.2) is 53.4 Å². The van der Waals surface area contributed by atoms with Crippen LogP contribution in [0, 0.1) is 10.1 Å². The fourth-order valence-electron chi connectivity index (χ4n) is 4.20. The molecule has 2 aliphatic rings. The van der Waals surface area contributed by atoms with Gasteiger partial charge in [0.25, 0.3) is 5.91 Å². The molecule has 0 spiro atoms. The van der Waals surface area contributed by atoms with E-state index in [-0.39, 0.29) is 17.3 Å². The van der Waals surface area contributed by atoms with E-state index >= 15 is 0 Å². The molecule has 28 heavy (non-hydrogen) atoms. The predicted molar refractivity (Wildman–Crippen MR) is 105 cm³/mol. The minimum atomic E-state index is -0.520. The number of nitro benzene ring substituents is 1. The van der Waals surface area contributed by atoms with Gasteiger partial charge in [-0.2, -0.15) is 0 Å². The van der Waals surface area contributed by atoms with E-state index < -0.39 is 4.92 Å². The van der Waals surface area contributed by atoms with Gasteiger partial charge in [-0.25, -0.2) is 0 Å². The number of carbonyl (C=O) groups is 1. The lowest BCUT2D eigenvalue weighted by Crippen LogP contribution is -2.41. The van der Waals surface area contributed by atoms with E-state index in [0.717, 1.165) is 25.9 Å². The highest BCUT2D eigenvalue weighted by molar-refractivity contribution is 5.95. The van der Waals surface area contributed by atoms with E-state index in [1.807, 2.05) is 0 Å². The van der Waals surface area contributed by atoms with Crippen molar-refractivity contribution in [2.75, 3.05) is 26.7 Å². The predicted octanol–water partition coefficient (Wildman–Crippen LogP) is 2.88. The fourth-order valence-corrected chi connectivity index (χ4v) is 4.20. The Morgan fingerprint density at radius 1 is 1.18 bits per heavy atom. The normalized spacial score (nSPS) is 19.3. The van der Waals surface area contributed by atoms with Crippen LogP contribution in [0.5, 0.6) is 5.75 Å². The Morgan fingerprint density at radius 3 is 2.71 bits per heavy atom. The summed E-state index contributed by atoms with van der Waals surface area (Å²) < 4.78 is 5.02. The van der Waals surface area contributed by atoms with Crippen molar-refractivity contribution in [3.05, 3.63) is 69.3 Å². The summed E-state index contributed by atoms with van der Waals surface area (Å²) in [6.07, 6.45) is 1.96. The number of fused-ring (bicyclic) bond motifs is 1. The minimum absolute atomic E-state index is 0.160. The molecular formula is C21H23N3O4. The van der Waals surface area contributed by atoms with E-state index in [0.29, 0.717) is 24.7 Å². The molecule has 4 rings (SSSR count). The Balaban J connectivity index is 1.45. The van der Waals surface area contributed by atoms with Crippen LogP contribution in [0.2, 0.25) is 0 Å². The lowest BCUT2D eigenvalue weighted by Gasteiger charge is -2.33. The number of nitro groups is 1. The van der Waals surface area contributed by atoms with E-state index in [1.165, 1.54) is 30.4 Å². The molecule has 2 aliphatic heterocycles. The molecule has 0 bridgehead atoms. The first-order valence-electron chi connectivity index (χ1n) is 9.49. The van der Waals surface area contributed by atoms with Crippen LogP contribution in [0.3, 0.4) is 0 Å². The Labute approximate surface area is 163 Å². The Morgan fingerprint density at radius 2 is 1.96 bits per heavy atom. The zero-order valence-electron chi connectivity index (χ0n) is 15.8. The third kappa shape index (κ3) is 3.45. The van der Waals surface area contributed by atoms with E-state index in [1.54, 1.807) is 11.0 Å². The van der Waals surface area contributed by atoms with E-state index in [4.69, 9.17) is 4.74 Å². The fraction of sp³-hybridized carbons (Fsp3) is 0.381. The lowest BCUT2D eigenvalue weighted by molar-refractivity contribution is -0.385. The van der Waals surface area contributed by atoms with Gasteiger partial charge in [-0.3, -0.25) is 19.8 Å². The number of rotatable bonds is 4. The van der Waals surface area contributed by atoms with E-state index in [2.05, 4.69) is 29.2 Å². The highest BCUT2D eigenvalue weighted by Crippen LogP contribution is 2.29. The number of hydrogen-bond donors (Lipinski definition) is 0. The van der Waals surface area contributed by atoms with Crippen molar-refractivity contribution in [1.29, 1.82) is 0 Å². The standard InChI is InChI=1S/C21H23N3O4/c1-28-20-7-6-16(12-19(20)24(26)27)21(25)23-11-9-18(14-23)22-10-8-15-4-2-3-5-17(15)13-22/h2-7,12,18H,8-11,13-14H2,1H3/t18-/m1/s1. The SMILES string of the molecule is COc1ccc(C(=O)N2CC[C@@H](N3CCc4ccccc4C3)C2)cc1[N+](=O)[O-]. The topological polar surface area (TPSA) is 75.9 Å². The van der Waals surface area contributed by atoms with Crippen molar-refractivity contribution < 1.29 is 14.5 Å². The first kappa shape index (κ1) is 18.4. The molecule has 0 aliphatic carbocycles. The molecule has 1 saturated heterocycles. The second-order valence-corrected chi connectivity index (χ2v) is 7.33. The number of likely N-dealkylation sites (tertiary alicyclic amines) is 1. The maximum atomic E-state index is 12.9. The van der Waals surface area contributed by atoms with Crippen molar-refractivity contribution in [3.8, 4) is 5.75 Å². The number of amides is 1. The highest BCUT2D eigenvalue weighted by atomic mass is 16.6. The third-order valence-corrected chi connectivity index (χ3v) is 5.75. The summed E-state index contributed by atoms with van der Waals surface area (Å²) in [7, 11) is 1.38. The molecular weight excluding hydrogens is 358 g/mol. The van der Waals surface area contributed by atoms with Crippen molar-refractivity contribution >= 4 is 11.6 Å². The molecule has 0 N–H and O–H groups in total. The van der Waals surface area contributed by atoms with Gasteiger partial charge in [-0.1, -0.05) is 24.3 Å². The molecule has 7 heteroatoms. The first-order valence-corrected chi connectivity index (χ1v) is 9.49. The monoisotopic (exact) mass is 381 g/mol. The number of benzene rings is 2. The molecule has 1 amide bonds. The zero-order chi connectivity index (χ0) is 19.7. The van der Waals surface area contributed by atoms with Crippen LogP contribution in [0.25, 0.3) is 0 Å². The van der Waals surface area contributed by atoms with Gasteiger partial charge in [-0.05, 0) is 36.1 Å². The minimum Gasteiger partial charge on any atom is -0.490 e. The van der Waals surface area contributed by atoms with Crippen LogP contribution in [0.1, 0.15) is 27.9 Å². The van der Waals surface area contributed by atoms with Crippen molar-refractivity contribution in [3.63, 3.8) is 0 Å². The second-order valence-electron chi connectivity index (χ2n) is 7.33. The number of carbonyl (C=O) groups excluding carboxylic acids is 1. The molecule has 1 atom stereocenters. The lowest BCUT2D eigenvalue weighted by atomic mass is 9.98. The van der Waals surface area contributed by atoms with Crippen LogP contribution in [0.4, 0.5) is 5.69 Å². The Kier molecular flexibility index (Phi) is 5.00. The van der Waals surface area contributed by atoms with Gasteiger partial charge >= 0.3 is 5.69 Å². The summed E-state index contributed by atoms with van der Waals surface area (Å²) in [5.74, 6) is -0.00140. The summed E-state index contributed by atoms with van der Waals surface area (Å²) in [4.78, 5) is 27.9. The zero-order valence-corrected chi connectivity index (χ0v) is 15.8. The van der Waals surface area contributed by atoms with Crippen molar-refractivity contribution in [2.24, 2.45) is 0 Å². The van der Waals surface area contributed by atoms with Gasteiger partial charge in [0.15, 0.2) is 5.75 Å². The second kappa shape index (κ2) is 7.59.